The van der Waals surface area contributed by atoms with Crippen LogP contribution in [0.2, 0.25) is 0 Å². The maximum absolute atomic E-state index is 12.4. The van der Waals surface area contributed by atoms with Gasteiger partial charge in [0.2, 0.25) is 5.75 Å². The van der Waals surface area contributed by atoms with Gasteiger partial charge in [-0.05, 0) is 26.2 Å². The highest BCUT2D eigenvalue weighted by Crippen LogP contribution is 2.41. The fourth-order valence-electron chi connectivity index (χ4n) is 3.74. The van der Waals surface area contributed by atoms with E-state index in [0.29, 0.717) is 22.6 Å². The standard InChI is InChI=1S/C20H21N3O6.ClH/c1-22(2)9-11-6-10-7-13-15(8-14(10)23(11)3)28-5-4-12-16(13)21-19(25)18(17(12)24)29-20(26)27;/h6-8H,4-5,9H2,1-3H3,(H,26,27)(H2,21,24,25);1H. The Hall–Kier alpha value is -3.17. The van der Waals surface area contributed by atoms with Crippen molar-refractivity contribution in [1.82, 2.24) is 14.5 Å². The highest BCUT2D eigenvalue weighted by molar-refractivity contribution is 5.90. The maximum Gasteiger partial charge on any atom is 0.511 e. The molecule has 30 heavy (non-hydrogen) atoms. The third kappa shape index (κ3) is 3.57. The lowest BCUT2D eigenvalue weighted by Crippen LogP contribution is -2.17. The van der Waals surface area contributed by atoms with E-state index >= 15 is 0 Å². The van der Waals surface area contributed by atoms with Crippen molar-refractivity contribution in [3.05, 3.63) is 39.8 Å². The van der Waals surface area contributed by atoms with Crippen molar-refractivity contribution in [2.75, 3.05) is 20.7 Å². The van der Waals surface area contributed by atoms with Crippen LogP contribution in [0.15, 0.2) is 23.0 Å². The number of benzene rings is 1. The number of hydrogen-bond acceptors (Lipinski definition) is 6. The first kappa shape index (κ1) is 21.5. The van der Waals surface area contributed by atoms with Crippen LogP contribution in [0.3, 0.4) is 0 Å². The summed E-state index contributed by atoms with van der Waals surface area (Å²) in [4.78, 5) is 27.9. The number of aromatic hydroxyl groups is 1. The van der Waals surface area contributed by atoms with Gasteiger partial charge in [-0.15, -0.1) is 12.4 Å². The van der Waals surface area contributed by atoms with E-state index in [4.69, 9.17) is 9.84 Å². The molecule has 1 aliphatic rings. The number of hydrogen-bond donors (Lipinski definition) is 3. The number of aromatic nitrogens is 2. The monoisotopic (exact) mass is 435 g/mol. The average molecular weight is 436 g/mol. The van der Waals surface area contributed by atoms with Crippen molar-refractivity contribution in [1.29, 1.82) is 0 Å². The molecule has 0 unspecified atom stereocenters. The lowest BCUT2D eigenvalue weighted by Gasteiger charge is -2.12. The minimum Gasteiger partial charge on any atom is -0.504 e. The maximum atomic E-state index is 12.4. The number of carboxylic acid groups (broad SMARTS) is 1. The topological polar surface area (TPSA) is 117 Å². The quantitative estimate of drug-likeness (QED) is 0.541. The molecule has 0 atom stereocenters. The molecule has 0 spiro atoms. The molecular weight excluding hydrogens is 414 g/mol. The van der Waals surface area contributed by atoms with Crippen molar-refractivity contribution >= 4 is 29.5 Å². The van der Waals surface area contributed by atoms with Crippen LogP contribution in [0.4, 0.5) is 4.79 Å². The SMILES string of the molecule is CN(C)Cc1cc2cc3c(cc2n1C)OCCc1c-3[nH]c(=O)c(OC(=O)O)c1O.Cl. The molecule has 9 nitrogen and oxygen atoms in total. The number of carbonyl (C=O) groups is 1. The molecule has 0 aliphatic carbocycles. The first-order valence-corrected chi connectivity index (χ1v) is 9.05. The Morgan fingerprint density at radius 2 is 2.07 bits per heavy atom. The molecular formula is C20H22ClN3O6. The zero-order chi connectivity index (χ0) is 20.9. The summed E-state index contributed by atoms with van der Waals surface area (Å²) in [5.41, 5.74) is 2.69. The van der Waals surface area contributed by atoms with E-state index < -0.39 is 23.2 Å². The zero-order valence-corrected chi connectivity index (χ0v) is 17.5. The summed E-state index contributed by atoms with van der Waals surface area (Å²) in [5.74, 6) is -0.534. The van der Waals surface area contributed by atoms with Crippen LogP contribution in [-0.2, 0) is 20.0 Å². The predicted molar refractivity (Wildman–Crippen MR) is 113 cm³/mol. The van der Waals surface area contributed by atoms with Crippen molar-refractivity contribution in [3.8, 4) is 28.5 Å². The fourth-order valence-corrected chi connectivity index (χ4v) is 3.74. The zero-order valence-electron chi connectivity index (χ0n) is 16.7. The van der Waals surface area contributed by atoms with Crippen molar-refractivity contribution in [2.45, 2.75) is 13.0 Å². The van der Waals surface area contributed by atoms with Crippen LogP contribution < -0.4 is 15.0 Å². The molecule has 0 radical (unpaired) electrons. The molecule has 0 bridgehead atoms. The first-order valence-electron chi connectivity index (χ1n) is 9.05. The lowest BCUT2D eigenvalue weighted by molar-refractivity contribution is 0.142. The number of H-pyrrole nitrogens is 1. The fraction of sp³-hybridized carbons (Fsp3) is 0.300. The molecule has 2 aromatic heterocycles. The number of aromatic amines is 1. The van der Waals surface area contributed by atoms with E-state index in [1.54, 1.807) is 0 Å². The largest absolute Gasteiger partial charge is 0.511 e. The van der Waals surface area contributed by atoms with Crippen molar-refractivity contribution in [2.24, 2.45) is 7.05 Å². The minimum absolute atomic E-state index is 0. The molecule has 3 heterocycles. The van der Waals surface area contributed by atoms with Gasteiger partial charge in [0.05, 0.1) is 17.8 Å². The molecule has 0 fully saturated rings. The van der Waals surface area contributed by atoms with Gasteiger partial charge < -0.3 is 34.1 Å². The molecule has 3 N–H and O–H groups in total. The third-order valence-electron chi connectivity index (χ3n) is 5.04. The van der Waals surface area contributed by atoms with Crippen LogP contribution in [0.1, 0.15) is 11.3 Å². The second-order valence-electron chi connectivity index (χ2n) is 7.29. The summed E-state index contributed by atoms with van der Waals surface area (Å²) in [6.07, 6.45) is -1.39. The summed E-state index contributed by atoms with van der Waals surface area (Å²) in [7, 11) is 5.98. The summed E-state index contributed by atoms with van der Waals surface area (Å²) in [5, 5.41) is 20.3. The van der Waals surface area contributed by atoms with Crippen molar-refractivity contribution < 1.29 is 24.5 Å². The van der Waals surface area contributed by atoms with Gasteiger partial charge in [0.25, 0.3) is 5.56 Å². The Kier molecular flexibility index (Phi) is 5.69. The Morgan fingerprint density at radius 1 is 1.33 bits per heavy atom. The highest BCUT2D eigenvalue weighted by Gasteiger charge is 2.26. The Bertz CT molecular complexity index is 1200. The van der Waals surface area contributed by atoms with Crippen LogP contribution in [0.25, 0.3) is 22.2 Å². The smallest absolute Gasteiger partial charge is 0.504 e. The Labute approximate surface area is 177 Å². The van der Waals surface area contributed by atoms with Gasteiger partial charge in [-0.2, -0.15) is 0 Å². The van der Waals surface area contributed by atoms with E-state index in [1.807, 2.05) is 33.3 Å². The van der Waals surface area contributed by atoms with Crippen LogP contribution in [0, 0.1) is 0 Å². The van der Waals surface area contributed by atoms with E-state index in [-0.39, 0.29) is 25.4 Å². The Balaban J connectivity index is 0.00000256. The third-order valence-corrected chi connectivity index (χ3v) is 5.04. The first-order chi connectivity index (χ1) is 13.8. The molecule has 0 amide bonds. The normalized spacial score (nSPS) is 12.5. The second kappa shape index (κ2) is 7.92. The number of rotatable bonds is 3. The van der Waals surface area contributed by atoms with Gasteiger partial charge in [-0.1, -0.05) is 0 Å². The summed E-state index contributed by atoms with van der Waals surface area (Å²) in [6, 6.07) is 5.89. The van der Waals surface area contributed by atoms with Gasteiger partial charge in [0.1, 0.15) is 5.75 Å². The number of fused-ring (bicyclic) bond motifs is 4. The van der Waals surface area contributed by atoms with Gasteiger partial charge in [-0.3, -0.25) is 4.79 Å². The van der Waals surface area contributed by atoms with Crippen molar-refractivity contribution in [3.63, 3.8) is 0 Å². The van der Waals surface area contributed by atoms with Crippen LogP contribution in [0.5, 0.6) is 17.2 Å². The van der Waals surface area contributed by atoms with Gasteiger partial charge in [0.15, 0.2) is 5.75 Å². The minimum atomic E-state index is -1.67. The molecule has 1 aromatic carbocycles. The van der Waals surface area contributed by atoms with E-state index in [2.05, 4.69) is 25.3 Å². The number of halogens is 1. The predicted octanol–water partition coefficient (Wildman–Crippen LogP) is 2.71. The van der Waals surface area contributed by atoms with Gasteiger partial charge >= 0.3 is 6.16 Å². The summed E-state index contributed by atoms with van der Waals surface area (Å²) < 4.78 is 12.4. The Morgan fingerprint density at radius 3 is 2.73 bits per heavy atom. The molecule has 1 aliphatic heterocycles. The molecule has 10 heteroatoms. The van der Waals surface area contributed by atoms with E-state index in [1.165, 1.54) is 0 Å². The molecule has 0 saturated heterocycles. The van der Waals surface area contributed by atoms with Gasteiger partial charge in [-0.25, -0.2) is 4.79 Å². The van der Waals surface area contributed by atoms with E-state index in [0.717, 1.165) is 23.1 Å². The molecule has 0 saturated carbocycles. The van der Waals surface area contributed by atoms with Crippen LogP contribution >= 0.6 is 12.4 Å². The van der Waals surface area contributed by atoms with Gasteiger partial charge in [0, 0.05) is 48.3 Å². The molecule has 4 rings (SSSR count). The lowest BCUT2D eigenvalue weighted by atomic mass is 10.0. The number of ether oxygens (including phenoxy) is 2. The summed E-state index contributed by atoms with van der Waals surface area (Å²) >= 11 is 0. The average Bonchev–Trinajstić information content (AvgIpc) is 2.82. The number of nitrogens with zero attached hydrogens (tertiary/aromatic N) is 2. The summed E-state index contributed by atoms with van der Waals surface area (Å²) in [6.45, 7) is 1.02. The number of nitrogens with one attached hydrogen (secondary N) is 1. The van der Waals surface area contributed by atoms with Crippen LogP contribution in [-0.4, -0.2) is 51.5 Å². The molecule has 160 valence electrons. The number of aryl methyl sites for hydroxylation is 1. The number of pyridine rings is 1. The second-order valence-corrected chi connectivity index (χ2v) is 7.29. The molecule has 3 aromatic rings. The highest BCUT2D eigenvalue weighted by atomic mass is 35.5. The van der Waals surface area contributed by atoms with E-state index in [9.17, 15) is 14.7 Å².